The first-order valence-electron chi connectivity index (χ1n) is 5.29. The average molecular weight is 247 g/mol. The van der Waals surface area contributed by atoms with E-state index in [9.17, 15) is 4.79 Å². The SMILES string of the molecule is COc1cc2cc(C=O)c(OC)nc2cc1OC. The molecule has 5 nitrogen and oxygen atoms in total. The van der Waals surface area contributed by atoms with Crippen molar-refractivity contribution >= 4 is 17.2 Å². The highest BCUT2D eigenvalue weighted by atomic mass is 16.5. The summed E-state index contributed by atoms with van der Waals surface area (Å²) in [6.07, 6.45) is 0.710. The normalized spacial score (nSPS) is 10.2. The van der Waals surface area contributed by atoms with E-state index in [1.165, 1.54) is 7.11 Å². The molecule has 0 bridgehead atoms. The number of carbonyl (C=O) groups is 1. The van der Waals surface area contributed by atoms with Crippen LogP contribution in [0.3, 0.4) is 0 Å². The molecule has 1 aromatic carbocycles. The molecule has 0 saturated carbocycles. The highest BCUT2D eigenvalue weighted by Crippen LogP contribution is 2.33. The Bertz CT molecular complexity index is 595. The second-order valence-corrected chi connectivity index (χ2v) is 3.60. The molecule has 94 valence electrons. The Labute approximate surface area is 104 Å². The molecule has 0 unspecified atom stereocenters. The zero-order chi connectivity index (χ0) is 13.1. The maximum atomic E-state index is 10.9. The lowest BCUT2D eigenvalue weighted by atomic mass is 10.1. The smallest absolute Gasteiger partial charge is 0.224 e. The second kappa shape index (κ2) is 4.91. The quantitative estimate of drug-likeness (QED) is 0.774. The Morgan fingerprint density at radius 1 is 1.00 bits per heavy atom. The van der Waals surface area contributed by atoms with Crippen LogP contribution in [0, 0.1) is 0 Å². The molecule has 0 aliphatic heterocycles. The first kappa shape index (κ1) is 12.2. The Balaban J connectivity index is 2.72. The molecule has 0 atom stereocenters. The van der Waals surface area contributed by atoms with E-state index in [2.05, 4.69) is 4.98 Å². The number of hydrogen-bond acceptors (Lipinski definition) is 5. The molecule has 0 amide bonds. The third-order valence-electron chi connectivity index (χ3n) is 2.63. The summed E-state index contributed by atoms with van der Waals surface area (Å²) in [4.78, 5) is 15.2. The highest BCUT2D eigenvalue weighted by molar-refractivity contribution is 5.90. The molecule has 5 heteroatoms. The number of aldehydes is 1. The van der Waals surface area contributed by atoms with Crippen LogP contribution in [0.25, 0.3) is 10.9 Å². The van der Waals surface area contributed by atoms with Crippen molar-refractivity contribution in [3.05, 3.63) is 23.8 Å². The molecule has 0 aliphatic rings. The third-order valence-corrected chi connectivity index (χ3v) is 2.63. The van der Waals surface area contributed by atoms with Gasteiger partial charge in [-0.1, -0.05) is 0 Å². The van der Waals surface area contributed by atoms with Crippen molar-refractivity contribution in [2.75, 3.05) is 21.3 Å². The third kappa shape index (κ3) is 1.95. The van der Waals surface area contributed by atoms with Crippen molar-refractivity contribution in [3.8, 4) is 17.4 Å². The van der Waals surface area contributed by atoms with Gasteiger partial charge < -0.3 is 14.2 Å². The predicted octanol–water partition coefficient (Wildman–Crippen LogP) is 2.07. The van der Waals surface area contributed by atoms with Crippen LogP contribution < -0.4 is 14.2 Å². The summed E-state index contributed by atoms with van der Waals surface area (Å²) in [5.41, 5.74) is 1.08. The Morgan fingerprint density at radius 3 is 2.22 bits per heavy atom. The summed E-state index contributed by atoms with van der Waals surface area (Å²) in [6.45, 7) is 0. The van der Waals surface area contributed by atoms with Crippen LogP contribution in [0.4, 0.5) is 0 Å². The zero-order valence-corrected chi connectivity index (χ0v) is 10.4. The minimum Gasteiger partial charge on any atom is -0.493 e. The van der Waals surface area contributed by atoms with E-state index < -0.39 is 0 Å². The van der Waals surface area contributed by atoms with Gasteiger partial charge in [-0.2, -0.15) is 0 Å². The van der Waals surface area contributed by atoms with Crippen molar-refractivity contribution in [3.63, 3.8) is 0 Å². The number of methoxy groups -OCH3 is 3. The standard InChI is InChI=1S/C13H13NO4/c1-16-11-5-8-4-9(7-15)13(18-3)14-10(8)6-12(11)17-2/h4-7H,1-3H3. The molecule has 0 spiro atoms. The number of hydrogen-bond donors (Lipinski definition) is 0. The van der Waals surface area contributed by atoms with Gasteiger partial charge in [0, 0.05) is 11.5 Å². The molecular formula is C13H13NO4. The van der Waals surface area contributed by atoms with Crippen molar-refractivity contribution in [1.82, 2.24) is 4.98 Å². The number of ether oxygens (including phenoxy) is 3. The van der Waals surface area contributed by atoms with Gasteiger partial charge in [-0.3, -0.25) is 4.79 Å². The van der Waals surface area contributed by atoms with Crippen LogP contribution in [-0.4, -0.2) is 32.6 Å². The van der Waals surface area contributed by atoms with Crippen molar-refractivity contribution in [2.24, 2.45) is 0 Å². The first-order chi connectivity index (χ1) is 8.73. The summed E-state index contributed by atoms with van der Waals surface area (Å²) >= 11 is 0. The Kier molecular flexibility index (Phi) is 3.32. The topological polar surface area (TPSA) is 57.7 Å². The van der Waals surface area contributed by atoms with Crippen LogP contribution in [0.1, 0.15) is 10.4 Å². The molecule has 0 saturated heterocycles. The number of benzene rings is 1. The van der Waals surface area contributed by atoms with Crippen LogP contribution in [0.15, 0.2) is 18.2 Å². The molecule has 1 aromatic heterocycles. The van der Waals surface area contributed by atoms with E-state index in [0.29, 0.717) is 34.7 Å². The summed E-state index contributed by atoms with van der Waals surface area (Å²) in [7, 11) is 4.59. The fourth-order valence-corrected chi connectivity index (χ4v) is 1.75. The molecule has 18 heavy (non-hydrogen) atoms. The lowest BCUT2D eigenvalue weighted by Gasteiger charge is -2.10. The molecule has 2 aromatic rings. The fourth-order valence-electron chi connectivity index (χ4n) is 1.75. The van der Waals surface area contributed by atoms with E-state index >= 15 is 0 Å². The van der Waals surface area contributed by atoms with Crippen molar-refractivity contribution in [1.29, 1.82) is 0 Å². The Hall–Kier alpha value is -2.30. The summed E-state index contributed by atoms with van der Waals surface area (Å²) < 4.78 is 15.5. The minimum absolute atomic E-state index is 0.296. The molecule has 0 aliphatic carbocycles. The van der Waals surface area contributed by atoms with Crippen molar-refractivity contribution < 1.29 is 19.0 Å². The number of carbonyl (C=O) groups excluding carboxylic acids is 1. The number of nitrogens with zero attached hydrogens (tertiary/aromatic N) is 1. The van der Waals surface area contributed by atoms with E-state index in [-0.39, 0.29) is 0 Å². The molecule has 0 fully saturated rings. The van der Waals surface area contributed by atoms with Gasteiger partial charge in [-0.15, -0.1) is 0 Å². The lowest BCUT2D eigenvalue weighted by molar-refractivity contribution is 0.112. The molecule has 1 heterocycles. The molecule has 0 radical (unpaired) electrons. The van der Waals surface area contributed by atoms with Crippen LogP contribution >= 0.6 is 0 Å². The largest absolute Gasteiger partial charge is 0.493 e. The van der Waals surface area contributed by atoms with Crippen LogP contribution in [0.2, 0.25) is 0 Å². The monoisotopic (exact) mass is 247 g/mol. The van der Waals surface area contributed by atoms with Gasteiger partial charge in [0.25, 0.3) is 0 Å². The van der Waals surface area contributed by atoms with E-state index in [4.69, 9.17) is 14.2 Å². The fraction of sp³-hybridized carbons (Fsp3) is 0.231. The minimum atomic E-state index is 0.296. The first-order valence-corrected chi connectivity index (χ1v) is 5.29. The van der Waals surface area contributed by atoms with Crippen molar-refractivity contribution in [2.45, 2.75) is 0 Å². The van der Waals surface area contributed by atoms with E-state index in [1.54, 1.807) is 32.4 Å². The van der Waals surface area contributed by atoms with Gasteiger partial charge in [0.05, 0.1) is 32.4 Å². The summed E-state index contributed by atoms with van der Waals surface area (Å²) in [5, 5.41) is 0.788. The predicted molar refractivity (Wildman–Crippen MR) is 66.8 cm³/mol. The van der Waals surface area contributed by atoms with Crippen LogP contribution in [-0.2, 0) is 0 Å². The van der Waals surface area contributed by atoms with E-state index in [0.717, 1.165) is 5.39 Å². The lowest BCUT2D eigenvalue weighted by Crippen LogP contribution is -1.96. The maximum Gasteiger partial charge on any atom is 0.224 e. The number of aromatic nitrogens is 1. The van der Waals surface area contributed by atoms with Crippen LogP contribution in [0.5, 0.6) is 17.4 Å². The van der Waals surface area contributed by atoms with E-state index in [1.807, 2.05) is 0 Å². The van der Waals surface area contributed by atoms with Gasteiger partial charge >= 0.3 is 0 Å². The maximum absolute atomic E-state index is 10.9. The number of pyridine rings is 1. The summed E-state index contributed by atoms with van der Waals surface area (Å²) in [6, 6.07) is 5.22. The zero-order valence-electron chi connectivity index (χ0n) is 10.4. The van der Waals surface area contributed by atoms with Gasteiger partial charge in [-0.05, 0) is 12.1 Å². The van der Waals surface area contributed by atoms with Gasteiger partial charge in [0.15, 0.2) is 17.8 Å². The van der Waals surface area contributed by atoms with Gasteiger partial charge in [0.2, 0.25) is 5.88 Å². The molecular weight excluding hydrogens is 234 g/mol. The van der Waals surface area contributed by atoms with Gasteiger partial charge in [0.1, 0.15) is 0 Å². The highest BCUT2D eigenvalue weighted by Gasteiger charge is 2.11. The number of rotatable bonds is 4. The average Bonchev–Trinajstić information content (AvgIpc) is 2.43. The second-order valence-electron chi connectivity index (χ2n) is 3.60. The molecule has 2 rings (SSSR count). The molecule has 0 N–H and O–H groups in total. The number of fused-ring (bicyclic) bond motifs is 1. The van der Waals surface area contributed by atoms with Gasteiger partial charge in [-0.25, -0.2) is 4.98 Å². The summed E-state index contributed by atoms with van der Waals surface area (Å²) in [5.74, 6) is 1.47. The Morgan fingerprint density at radius 2 is 1.67 bits per heavy atom.